The molecular formula is C15H25N7O. The summed E-state index contributed by atoms with van der Waals surface area (Å²) in [4.78, 5) is 13.1. The average Bonchev–Trinajstić information content (AvgIpc) is 2.98. The van der Waals surface area contributed by atoms with E-state index in [2.05, 4.69) is 32.1 Å². The van der Waals surface area contributed by atoms with Crippen LogP contribution >= 0.6 is 0 Å². The number of likely N-dealkylation sites (N-methyl/N-ethyl adjacent to an activating group) is 1. The molecule has 1 atom stereocenters. The molecule has 126 valence electrons. The van der Waals surface area contributed by atoms with Gasteiger partial charge >= 0.3 is 0 Å². The number of anilines is 1. The molecule has 2 saturated heterocycles. The van der Waals surface area contributed by atoms with Crippen LogP contribution in [0, 0.1) is 5.41 Å². The third kappa shape index (κ3) is 3.89. The lowest BCUT2D eigenvalue weighted by Crippen LogP contribution is -2.44. The van der Waals surface area contributed by atoms with Crippen molar-refractivity contribution in [3.63, 3.8) is 0 Å². The zero-order chi connectivity index (χ0) is 16.2. The monoisotopic (exact) mass is 319 g/mol. The number of hydrogen-bond acceptors (Lipinski definition) is 7. The van der Waals surface area contributed by atoms with E-state index in [-0.39, 0.29) is 11.7 Å². The molecule has 0 amide bonds. The standard InChI is InChI=1S/C15H25N7O/c1-21-6-2-3-11(21)10-23-13-9-12(19-15(20-13)14(16)17)22-7-4-18-5-8-22/h9,11,18H,2-8,10H2,1H3,(H3,16,17)/t11-/m0/s1. The first kappa shape index (κ1) is 15.9. The van der Waals surface area contributed by atoms with Crippen LogP contribution in [0.5, 0.6) is 5.88 Å². The second kappa shape index (κ2) is 7.10. The van der Waals surface area contributed by atoms with E-state index in [0.29, 0.717) is 18.5 Å². The largest absolute Gasteiger partial charge is 0.476 e. The van der Waals surface area contributed by atoms with E-state index in [1.54, 1.807) is 0 Å². The van der Waals surface area contributed by atoms with Crippen LogP contribution in [0.4, 0.5) is 5.82 Å². The maximum absolute atomic E-state index is 7.63. The molecular weight excluding hydrogens is 294 g/mol. The molecule has 2 aliphatic heterocycles. The molecule has 2 fully saturated rings. The van der Waals surface area contributed by atoms with Gasteiger partial charge in [-0.05, 0) is 26.4 Å². The minimum Gasteiger partial charge on any atom is -0.476 e. The lowest BCUT2D eigenvalue weighted by atomic mass is 10.2. The lowest BCUT2D eigenvalue weighted by molar-refractivity contribution is 0.193. The van der Waals surface area contributed by atoms with Crippen molar-refractivity contribution in [3.8, 4) is 5.88 Å². The van der Waals surface area contributed by atoms with Gasteiger partial charge in [-0.3, -0.25) is 5.41 Å². The van der Waals surface area contributed by atoms with E-state index in [1.165, 1.54) is 6.42 Å². The number of amidine groups is 1. The Bertz CT molecular complexity index is 559. The van der Waals surface area contributed by atoms with Gasteiger partial charge in [-0.15, -0.1) is 0 Å². The van der Waals surface area contributed by atoms with E-state index in [0.717, 1.165) is 45.0 Å². The van der Waals surface area contributed by atoms with Crippen LogP contribution in [0.2, 0.25) is 0 Å². The van der Waals surface area contributed by atoms with Crippen molar-refractivity contribution < 1.29 is 4.74 Å². The van der Waals surface area contributed by atoms with Crippen LogP contribution < -0.4 is 20.7 Å². The number of piperazine rings is 1. The molecule has 0 aromatic carbocycles. The van der Waals surface area contributed by atoms with Crippen molar-refractivity contribution in [2.24, 2.45) is 5.73 Å². The Hall–Kier alpha value is -1.93. The summed E-state index contributed by atoms with van der Waals surface area (Å²) in [7, 11) is 2.12. The maximum atomic E-state index is 7.63. The van der Waals surface area contributed by atoms with E-state index in [1.807, 2.05) is 6.07 Å². The smallest absolute Gasteiger partial charge is 0.219 e. The Morgan fingerprint density at radius 2 is 2.17 bits per heavy atom. The number of rotatable bonds is 5. The van der Waals surface area contributed by atoms with Gasteiger partial charge in [-0.1, -0.05) is 0 Å². The number of nitrogens with one attached hydrogen (secondary N) is 2. The second-order valence-electron chi connectivity index (χ2n) is 6.13. The van der Waals surface area contributed by atoms with E-state index < -0.39 is 0 Å². The fraction of sp³-hybridized carbons (Fsp3) is 0.667. The topological polar surface area (TPSA) is 103 Å². The van der Waals surface area contributed by atoms with Crippen LogP contribution in [-0.2, 0) is 0 Å². The highest BCUT2D eigenvalue weighted by Gasteiger charge is 2.22. The summed E-state index contributed by atoms with van der Waals surface area (Å²) >= 11 is 0. The summed E-state index contributed by atoms with van der Waals surface area (Å²) in [5, 5.41) is 10.9. The first-order valence-electron chi connectivity index (χ1n) is 8.15. The summed E-state index contributed by atoms with van der Waals surface area (Å²) < 4.78 is 5.90. The first-order chi connectivity index (χ1) is 11.1. The fourth-order valence-electron chi connectivity index (χ4n) is 3.03. The highest BCUT2D eigenvalue weighted by atomic mass is 16.5. The number of aromatic nitrogens is 2. The van der Waals surface area contributed by atoms with Crippen LogP contribution in [0.15, 0.2) is 6.07 Å². The predicted molar refractivity (Wildman–Crippen MR) is 89.3 cm³/mol. The van der Waals surface area contributed by atoms with E-state index in [4.69, 9.17) is 15.9 Å². The lowest BCUT2D eigenvalue weighted by Gasteiger charge is -2.28. The van der Waals surface area contributed by atoms with Crippen LogP contribution in [0.3, 0.4) is 0 Å². The normalized spacial score (nSPS) is 22.3. The molecule has 0 saturated carbocycles. The minimum atomic E-state index is -0.134. The highest BCUT2D eigenvalue weighted by molar-refractivity contribution is 5.91. The zero-order valence-corrected chi connectivity index (χ0v) is 13.6. The molecule has 8 heteroatoms. The molecule has 3 rings (SSSR count). The Balaban J connectivity index is 1.75. The molecule has 0 radical (unpaired) electrons. The van der Waals surface area contributed by atoms with Crippen molar-refractivity contribution in [2.45, 2.75) is 18.9 Å². The van der Waals surface area contributed by atoms with Gasteiger partial charge in [0, 0.05) is 38.3 Å². The fourth-order valence-corrected chi connectivity index (χ4v) is 3.03. The van der Waals surface area contributed by atoms with Crippen LogP contribution in [-0.4, -0.2) is 73.1 Å². The molecule has 0 bridgehead atoms. The maximum Gasteiger partial charge on any atom is 0.219 e. The Morgan fingerprint density at radius 1 is 1.39 bits per heavy atom. The Labute approximate surface area is 136 Å². The van der Waals surface area contributed by atoms with Gasteiger partial charge in [-0.25, -0.2) is 4.98 Å². The number of likely N-dealkylation sites (tertiary alicyclic amines) is 1. The first-order valence-corrected chi connectivity index (χ1v) is 8.15. The molecule has 0 aliphatic carbocycles. The predicted octanol–water partition coefficient (Wildman–Crippen LogP) is -0.357. The third-order valence-electron chi connectivity index (χ3n) is 4.47. The molecule has 1 aromatic heterocycles. The quantitative estimate of drug-likeness (QED) is 0.503. The third-order valence-corrected chi connectivity index (χ3v) is 4.47. The van der Waals surface area contributed by atoms with Crippen molar-refractivity contribution in [2.75, 3.05) is 51.3 Å². The van der Waals surface area contributed by atoms with Crippen molar-refractivity contribution in [1.29, 1.82) is 5.41 Å². The van der Waals surface area contributed by atoms with Gasteiger partial charge in [-0.2, -0.15) is 4.98 Å². The van der Waals surface area contributed by atoms with Gasteiger partial charge in [0.1, 0.15) is 12.4 Å². The van der Waals surface area contributed by atoms with Gasteiger partial charge in [0.2, 0.25) is 5.88 Å². The summed E-state index contributed by atoms with van der Waals surface area (Å²) in [6, 6.07) is 2.28. The molecule has 4 N–H and O–H groups in total. The molecule has 0 unspecified atom stereocenters. The summed E-state index contributed by atoms with van der Waals surface area (Å²) in [6.07, 6.45) is 2.35. The van der Waals surface area contributed by atoms with Crippen molar-refractivity contribution in [1.82, 2.24) is 20.2 Å². The van der Waals surface area contributed by atoms with Gasteiger partial charge in [0.25, 0.3) is 0 Å². The average molecular weight is 319 g/mol. The second-order valence-corrected chi connectivity index (χ2v) is 6.13. The van der Waals surface area contributed by atoms with Gasteiger partial charge in [0.15, 0.2) is 11.7 Å². The number of ether oxygens (including phenoxy) is 1. The van der Waals surface area contributed by atoms with E-state index >= 15 is 0 Å². The summed E-state index contributed by atoms with van der Waals surface area (Å²) in [5.41, 5.74) is 5.59. The van der Waals surface area contributed by atoms with E-state index in [9.17, 15) is 0 Å². The Kier molecular flexibility index (Phi) is 4.92. The Morgan fingerprint density at radius 3 is 2.83 bits per heavy atom. The highest BCUT2D eigenvalue weighted by Crippen LogP contribution is 2.20. The number of nitrogens with two attached hydrogens (primary N) is 1. The molecule has 8 nitrogen and oxygen atoms in total. The van der Waals surface area contributed by atoms with Gasteiger partial charge in [0.05, 0.1) is 0 Å². The minimum absolute atomic E-state index is 0.134. The molecule has 0 spiro atoms. The molecule has 3 heterocycles. The molecule has 23 heavy (non-hydrogen) atoms. The van der Waals surface area contributed by atoms with Crippen LogP contribution in [0.25, 0.3) is 0 Å². The zero-order valence-electron chi connectivity index (χ0n) is 13.6. The number of hydrogen-bond donors (Lipinski definition) is 3. The summed E-state index contributed by atoms with van der Waals surface area (Å²) in [6.45, 7) is 5.30. The van der Waals surface area contributed by atoms with Crippen LogP contribution in [0.1, 0.15) is 18.7 Å². The summed E-state index contributed by atoms with van der Waals surface area (Å²) in [5.74, 6) is 1.38. The SMILES string of the molecule is CN1CCC[C@H]1COc1cc(N2CCNCC2)nc(C(=N)N)n1. The molecule has 1 aromatic rings. The van der Waals surface area contributed by atoms with Crippen molar-refractivity contribution >= 4 is 11.7 Å². The van der Waals surface area contributed by atoms with Crippen molar-refractivity contribution in [3.05, 3.63) is 11.9 Å². The molecule has 2 aliphatic rings. The van der Waals surface area contributed by atoms with Gasteiger partial charge < -0.3 is 25.6 Å². The number of nitrogen functional groups attached to an aromatic ring is 1. The number of nitrogens with zero attached hydrogens (tertiary/aromatic N) is 4.